The summed E-state index contributed by atoms with van der Waals surface area (Å²) in [7, 11) is -3.48. The molecule has 1 saturated heterocycles. The van der Waals surface area contributed by atoms with Gasteiger partial charge in [-0.1, -0.05) is 24.1 Å². The summed E-state index contributed by atoms with van der Waals surface area (Å²) >= 11 is 0. The third-order valence-electron chi connectivity index (χ3n) is 5.06. The standard InChI is InChI=1S/C21H25N5O2S/c1-16-6-8-18(9-7-16)26-21(14-17(2)24-26)23-20-11-10-19(15-22-20)29(27,28)25-12-4-3-5-13-25/h6-11,14-15H,3-5,12-13H2,1-2H3,(H,22,23). The molecule has 0 radical (unpaired) electrons. The molecule has 0 amide bonds. The van der Waals surface area contributed by atoms with Crippen molar-refractivity contribution in [1.82, 2.24) is 19.1 Å². The number of benzene rings is 1. The number of sulfonamides is 1. The highest BCUT2D eigenvalue weighted by molar-refractivity contribution is 7.89. The molecule has 1 aliphatic heterocycles. The van der Waals surface area contributed by atoms with Crippen LogP contribution in [0.4, 0.5) is 11.6 Å². The fourth-order valence-electron chi connectivity index (χ4n) is 3.46. The maximum Gasteiger partial charge on any atom is 0.244 e. The summed E-state index contributed by atoms with van der Waals surface area (Å²) in [6, 6.07) is 13.3. The zero-order chi connectivity index (χ0) is 20.4. The summed E-state index contributed by atoms with van der Waals surface area (Å²) in [6.07, 6.45) is 4.33. The molecular formula is C21H25N5O2S. The first-order valence-corrected chi connectivity index (χ1v) is 11.2. The monoisotopic (exact) mass is 411 g/mol. The molecule has 1 fully saturated rings. The highest BCUT2D eigenvalue weighted by Crippen LogP contribution is 2.23. The van der Waals surface area contributed by atoms with E-state index in [1.165, 1.54) is 11.8 Å². The van der Waals surface area contributed by atoms with Gasteiger partial charge in [-0.25, -0.2) is 18.1 Å². The number of piperidine rings is 1. The molecule has 2 aromatic heterocycles. The minimum atomic E-state index is -3.48. The van der Waals surface area contributed by atoms with Gasteiger partial charge in [-0.2, -0.15) is 9.40 Å². The van der Waals surface area contributed by atoms with Crippen molar-refractivity contribution in [3.05, 3.63) is 59.9 Å². The molecule has 0 atom stereocenters. The Balaban J connectivity index is 1.56. The Labute approximate surface area is 171 Å². The lowest BCUT2D eigenvalue weighted by molar-refractivity contribution is 0.346. The zero-order valence-electron chi connectivity index (χ0n) is 16.7. The minimum absolute atomic E-state index is 0.230. The van der Waals surface area contributed by atoms with Crippen molar-refractivity contribution in [2.24, 2.45) is 0 Å². The van der Waals surface area contributed by atoms with Gasteiger partial charge in [0.2, 0.25) is 10.0 Å². The molecule has 3 aromatic rings. The molecule has 0 saturated carbocycles. The lowest BCUT2D eigenvalue weighted by Gasteiger charge is -2.25. The van der Waals surface area contributed by atoms with Crippen molar-refractivity contribution in [2.45, 2.75) is 38.0 Å². The molecule has 0 bridgehead atoms. The van der Waals surface area contributed by atoms with Gasteiger partial charge in [-0.05, 0) is 51.0 Å². The van der Waals surface area contributed by atoms with E-state index in [1.807, 2.05) is 48.9 Å². The normalized spacial score (nSPS) is 15.4. The predicted molar refractivity (Wildman–Crippen MR) is 113 cm³/mol. The van der Waals surface area contributed by atoms with Crippen LogP contribution in [0.3, 0.4) is 0 Å². The second-order valence-electron chi connectivity index (χ2n) is 7.39. The highest BCUT2D eigenvalue weighted by Gasteiger charge is 2.26. The molecule has 1 aromatic carbocycles. The average Bonchev–Trinajstić information content (AvgIpc) is 3.09. The Hall–Kier alpha value is -2.71. The van der Waals surface area contributed by atoms with Crippen LogP contribution in [0.5, 0.6) is 0 Å². The predicted octanol–water partition coefficient (Wildman–Crippen LogP) is 3.80. The van der Waals surface area contributed by atoms with Crippen LogP contribution in [0.1, 0.15) is 30.5 Å². The number of hydrogen-bond acceptors (Lipinski definition) is 5. The number of aryl methyl sites for hydroxylation is 2. The Kier molecular flexibility index (Phi) is 5.38. The van der Waals surface area contributed by atoms with Crippen molar-refractivity contribution in [1.29, 1.82) is 0 Å². The molecule has 29 heavy (non-hydrogen) atoms. The van der Waals surface area contributed by atoms with E-state index in [4.69, 9.17) is 0 Å². The Morgan fingerprint density at radius 2 is 1.69 bits per heavy atom. The fraction of sp³-hybridized carbons (Fsp3) is 0.333. The summed E-state index contributed by atoms with van der Waals surface area (Å²) in [4.78, 5) is 4.56. The quantitative estimate of drug-likeness (QED) is 0.691. The molecule has 7 nitrogen and oxygen atoms in total. The van der Waals surface area contributed by atoms with Gasteiger partial charge in [0.15, 0.2) is 0 Å². The zero-order valence-corrected chi connectivity index (χ0v) is 17.5. The van der Waals surface area contributed by atoms with E-state index in [0.717, 1.165) is 36.5 Å². The highest BCUT2D eigenvalue weighted by atomic mass is 32.2. The molecule has 1 aliphatic rings. The van der Waals surface area contributed by atoms with Crippen molar-refractivity contribution >= 4 is 21.7 Å². The number of nitrogens with one attached hydrogen (secondary N) is 1. The second kappa shape index (κ2) is 7.96. The van der Waals surface area contributed by atoms with Gasteiger partial charge in [0, 0.05) is 25.4 Å². The van der Waals surface area contributed by atoms with Gasteiger partial charge < -0.3 is 5.32 Å². The number of nitrogens with zero attached hydrogens (tertiary/aromatic N) is 4. The third kappa shape index (κ3) is 4.18. The Morgan fingerprint density at radius 3 is 2.34 bits per heavy atom. The van der Waals surface area contributed by atoms with Crippen molar-refractivity contribution < 1.29 is 8.42 Å². The van der Waals surface area contributed by atoms with E-state index < -0.39 is 10.0 Å². The van der Waals surface area contributed by atoms with Gasteiger partial charge in [-0.15, -0.1) is 0 Å². The Bertz CT molecular complexity index is 1080. The van der Waals surface area contributed by atoms with Crippen LogP contribution in [0.15, 0.2) is 53.6 Å². The summed E-state index contributed by atoms with van der Waals surface area (Å²) in [5.74, 6) is 1.33. The topological polar surface area (TPSA) is 80.1 Å². The van der Waals surface area contributed by atoms with Gasteiger partial charge in [0.05, 0.1) is 11.4 Å². The summed E-state index contributed by atoms with van der Waals surface area (Å²) in [6.45, 7) is 5.13. The molecule has 4 rings (SSSR count). The summed E-state index contributed by atoms with van der Waals surface area (Å²) < 4.78 is 28.9. The molecule has 8 heteroatoms. The fourth-order valence-corrected chi connectivity index (χ4v) is 4.93. The Morgan fingerprint density at radius 1 is 0.966 bits per heavy atom. The SMILES string of the molecule is Cc1ccc(-n2nc(C)cc2Nc2ccc(S(=O)(=O)N3CCCCC3)cn2)cc1. The van der Waals surface area contributed by atoms with E-state index >= 15 is 0 Å². The molecule has 0 spiro atoms. The lowest BCUT2D eigenvalue weighted by Crippen LogP contribution is -2.35. The van der Waals surface area contributed by atoms with Gasteiger partial charge >= 0.3 is 0 Å². The molecule has 152 valence electrons. The van der Waals surface area contributed by atoms with E-state index in [0.29, 0.717) is 18.9 Å². The van der Waals surface area contributed by atoms with Crippen LogP contribution in [0.2, 0.25) is 0 Å². The van der Waals surface area contributed by atoms with Crippen LogP contribution in [-0.4, -0.2) is 40.6 Å². The maximum absolute atomic E-state index is 12.8. The van der Waals surface area contributed by atoms with Crippen molar-refractivity contribution in [3.63, 3.8) is 0 Å². The molecule has 1 N–H and O–H groups in total. The molecule has 0 aliphatic carbocycles. The molecule has 0 unspecified atom stereocenters. The first-order valence-electron chi connectivity index (χ1n) is 9.80. The summed E-state index contributed by atoms with van der Waals surface area (Å²) in [5, 5.41) is 7.79. The average molecular weight is 412 g/mol. The van der Waals surface area contributed by atoms with Crippen LogP contribution >= 0.6 is 0 Å². The molecule has 3 heterocycles. The van der Waals surface area contributed by atoms with E-state index in [-0.39, 0.29) is 4.90 Å². The van der Waals surface area contributed by atoms with Crippen molar-refractivity contribution in [3.8, 4) is 5.69 Å². The smallest absolute Gasteiger partial charge is 0.244 e. The van der Waals surface area contributed by atoms with Crippen LogP contribution in [0.25, 0.3) is 5.69 Å². The number of aromatic nitrogens is 3. The van der Waals surface area contributed by atoms with E-state index in [9.17, 15) is 8.42 Å². The molecular weight excluding hydrogens is 386 g/mol. The van der Waals surface area contributed by atoms with E-state index in [1.54, 1.807) is 16.4 Å². The van der Waals surface area contributed by atoms with Crippen LogP contribution < -0.4 is 5.32 Å². The maximum atomic E-state index is 12.8. The van der Waals surface area contributed by atoms with Crippen LogP contribution in [0, 0.1) is 13.8 Å². The number of anilines is 2. The van der Waals surface area contributed by atoms with Gasteiger partial charge in [-0.3, -0.25) is 0 Å². The second-order valence-corrected chi connectivity index (χ2v) is 9.33. The number of hydrogen-bond donors (Lipinski definition) is 1. The van der Waals surface area contributed by atoms with Crippen LogP contribution in [-0.2, 0) is 10.0 Å². The van der Waals surface area contributed by atoms with Gasteiger partial charge in [0.1, 0.15) is 16.5 Å². The number of pyridine rings is 1. The minimum Gasteiger partial charge on any atom is -0.325 e. The largest absolute Gasteiger partial charge is 0.325 e. The lowest BCUT2D eigenvalue weighted by atomic mass is 10.2. The van der Waals surface area contributed by atoms with Crippen molar-refractivity contribution in [2.75, 3.05) is 18.4 Å². The van der Waals surface area contributed by atoms with Gasteiger partial charge in [0.25, 0.3) is 0 Å². The summed E-state index contributed by atoms with van der Waals surface area (Å²) in [5.41, 5.74) is 2.99. The number of rotatable bonds is 5. The van der Waals surface area contributed by atoms with E-state index in [2.05, 4.69) is 15.4 Å². The first kappa shape index (κ1) is 19.6. The third-order valence-corrected chi connectivity index (χ3v) is 6.94. The first-order chi connectivity index (χ1) is 13.9.